The molecule has 2 heterocycles. The quantitative estimate of drug-likeness (QED) is 0.619. The van der Waals surface area contributed by atoms with Crippen molar-refractivity contribution in [3.8, 4) is 6.07 Å². The maximum absolute atomic E-state index is 13.2. The molecule has 1 aromatic heterocycles. The van der Waals surface area contributed by atoms with Crippen LogP contribution in [0.3, 0.4) is 0 Å². The summed E-state index contributed by atoms with van der Waals surface area (Å²) in [4.78, 5) is 19.9. The highest BCUT2D eigenvalue weighted by Crippen LogP contribution is 2.37. The topological polar surface area (TPSA) is 60.2 Å². The lowest BCUT2D eigenvalue weighted by Gasteiger charge is -2.22. The van der Waals surface area contributed by atoms with Gasteiger partial charge in [-0.15, -0.1) is 0 Å². The van der Waals surface area contributed by atoms with E-state index in [0.29, 0.717) is 11.3 Å². The fourth-order valence-corrected chi connectivity index (χ4v) is 3.54. The number of hydrogen-bond acceptors (Lipinski definition) is 3. The first-order valence-electron chi connectivity index (χ1n) is 8.82. The average molecular weight is 396 g/mol. The fourth-order valence-electron chi connectivity index (χ4n) is 3.54. The number of carbonyl (C=O) groups is 1. The van der Waals surface area contributed by atoms with Crippen LogP contribution in [0.25, 0.3) is 10.8 Å². The molecule has 0 radical (unpaired) electrons. The Morgan fingerprint density at radius 3 is 2.62 bits per heavy atom. The van der Waals surface area contributed by atoms with Gasteiger partial charge in [0.1, 0.15) is 6.04 Å². The van der Waals surface area contributed by atoms with Crippen molar-refractivity contribution < 1.29 is 18.0 Å². The number of pyridine rings is 1. The highest BCUT2D eigenvalue weighted by atomic mass is 19.4. The van der Waals surface area contributed by atoms with Gasteiger partial charge in [-0.25, -0.2) is 4.79 Å². The van der Waals surface area contributed by atoms with Crippen molar-refractivity contribution in [2.75, 3.05) is 16.3 Å². The summed E-state index contributed by atoms with van der Waals surface area (Å²) < 4.78 is 39.5. The Kier molecular flexibility index (Phi) is 4.38. The van der Waals surface area contributed by atoms with Crippen LogP contribution in [-0.4, -0.2) is 23.6 Å². The van der Waals surface area contributed by atoms with Gasteiger partial charge in [0.25, 0.3) is 0 Å². The molecule has 1 fully saturated rings. The summed E-state index contributed by atoms with van der Waals surface area (Å²) in [7, 11) is 0. The van der Waals surface area contributed by atoms with Gasteiger partial charge in [0.15, 0.2) is 0 Å². The minimum atomic E-state index is -4.53. The Morgan fingerprint density at radius 2 is 1.90 bits per heavy atom. The van der Waals surface area contributed by atoms with E-state index in [1.807, 2.05) is 24.3 Å². The molecule has 0 spiro atoms. The normalized spacial score (nSPS) is 17.1. The minimum Gasteiger partial charge on any atom is -0.291 e. The van der Waals surface area contributed by atoms with Gasteiger partial charge in [-0.2, -0.15) is 18.4 Å². The number of halogens is 3. The van der Waals surface area contributed by atoms with Crippen molar-refractivity contribution in [2.45, 2.75) is 19.1 Å². The standard InChI is InChI=1S/C21H15F3N4O/c1-13-6-7-15(21(22,23)24)8-18(13)27-12-16(9-25)28(20(27)29)19-11-26-10-14-4-2-3-5-17(14)19/h2-8,10-11,16H,12H2,1H3/t16-/m1/s1. The van der Waals surface area contributed by atoms with E-state index in [1.54, 1.807) is 13.1 Å². The molecule has 146 valence electrons. The first kappa shape index (κ1) is 18.7. The predicted octanol–water partition coefficient (Wildman–Crippen LogP) is 4.90. The third kappa shape index (κ3) is 3.14. The van der Waals surface area contributed by atoms with Crippen LogP contribution in [0.2, 0.25) is 0 Å². The number of fused-ring (bicyclic) bond motifs is 1. The van der Waals surface area contributed by atoms with E-state index in [2.05, 4.69) is 11.1 Å². The zero-order chi connectivity index (χ0) is 20.8. The van der Waals surface area contributed by atoms with E-state index in [-0.39, 0.29) is 12.2 Å². The molecule has 0 saturated carbocycles. The number of carbonyl (C=O) groups excluding carboxylic acids is 1. The van der Waals surface area contributed by atoms with Crippen LogP contribution in [0.4, 0.5) is 29.3 Å². The molecule has 1 aliphatic rings. The predicted molar refractivity (Wildman–Crippen MR) is 103 cm³/mol. The minimum absolute atomic E-state index is 0.0410. The van der Waals surface area contributed by atoms with Crippen molar-refractivity contribution in [3.63, 3.8) is 0 Å². The molecule has 1 aliphatic heterocycles. The molecule has 1 saturated heterocycles. The lowest BCUT2D eigenvalue weighted by atomic mass is 10.1. The maximum Gasteiger partial charge on any atom is 0.416 e. The summed E-state index contributed by atoms with van der Waals surface area (Å²) in [5, 5.41) is 11.2. The van der Waals surface area contributed by atoms with Gasteiger partial charge in [0.05, 0.1) is 30.1 Å². The SMILES string of the molecule is Cc1ccc(C(F)(F)F)cc1N1C[C@@H](C#N)N(c2cncc3ccccc23)C1=O. The second-order valence-corrected chi connectivity index (χ2v) is 6.79. The van der Waals surface area contributed by atoms with Crippen LogP contribution in [-0.2, 0) is 6.18 Å². The van der Waals surface area contributed by atoms with Crippen LogP contribution in [0, 0.1) is 18.3 Å². The Labute approximate surface area is 164 Å². The van der Waals surface area contributed by atoms with Crippen LogP contribution >= 0.6 is 0 Å². The molecule has 2 aromatic carbocycles. The van der Waals surface area contributed by atoms with Crippen LogP contribution in [0.1, 0.15) is 11.1 Å². The summed E-state index contributed by atoms with van der Waals surface area (Å²) in [5.41, 5.74) is 0.262. The number of benzene rings is 2. The number of aromatic nitrogens is 1. The summed E-state index contributed by atoms with van der Waals surface area (Å²) >= 11 is 0. The van der Waals surface area contributed by atoms with Crippen LogP contribution in [0.5, 0.6) is 0 Å². The monoisotopic (exact) mass is 396 g/mol. The molecule has 0 N–H and O–H groups in total. The Morgan fingerprint density at radius 1 is 1.14 bits per heavy atom. The Bertz CT molecular complexity index is 1150. The van der Waals surface area contributed by atoms with Crippen molar-refractivity contribution in [3.05, 3.63) is 66.0 Å². The number of hydrogen-bond donors (Lipinski definition) is 0. The van der Waals surface area contributed by atoms with E-state index >= 15 is 0 Å². The molecule has 4 rings (SSSR count). The maximum atomic E-state index is 13.2. The lowest BCUT2D eigenvalue weighted by molar-refractivity contribution is -0.137. The highest BCUT2D eigenvalue weighted by Gasteiger charge is 2.41. The number of amides is 2. The molecule has 0 unspecified atom stereocenters. The smallest absolute Gasteiger partial charge is 0.291 e. The van der Waals surface area contributed by atoms with Gasteiger partial charge in [-0.3, -0.25) is 14.8 Å². The van der Waals surface area contributed by atoms with E-state index < -0.39 is 23.8 Å². The number of aryl methyl sites for hydroxylation is 1. The molecule has 29 heavy (non-hydrogen) atoms. The molecule has 0 aliphatic carbocycles. The number of anilines is 2. The van der Waals surface area contributed by atoms with Crippen molar-refractivity contribution in [1.29, 1.82) is 5.26 Å². The van der Waals surface area contributed by atoms with Gasteiger partial charge in [0.2, 0.25) is 0 Å². The van der Waals surface area contributed by atoms with E-state index in [4.69, 9.17) is 0 Å². The van der Waals surface area contributed by atoms with Gasteiger partial charge in [-0.1, -0.05) is 30.3 Å². The first-order valence-corrected chi connectivity index (χ1v) is 8.82. The summed E-state index contributed by atoms with van der Waals surface area (Å²) in [6.07, 6.45) is -1.39. The molecule has 5 nitrogen and oxygen atoms in total. The molecule has 2 amide bonds. The van der Waals surface area contributed by atoms with E-state index in [0.717, 1.165) is 22.9 Å². The second-order valence-electron chi connectivity index (χ2n) is 6.79. The average Bonchev–Trinajstić information content (AvgIpc) is 3.03. The van der Waals surface area contributed by atoms with E-state index in [9.17, 15) is 23.2 Å². The number of nitrogens with zero attached hydrogens (tertiary/aromatic N) is 4. The number of rotatable bonds is 2. The summed E-state index contributed by atoms with van der Waals surface area (Å²) in [6, 6.07) is 11.2. The summed E-state index contributed by atoms with van der Waals surface area (Å²) in [6.45, 7) is 1.59. The lowest BCUT2D eigenvalue weighted by Crippen LogP contribution is -2.35. The number of nitriles is 1. The molecular formula is C21H15F3N4O. The van der Waals surface area contributed by atoms with Crippen molar-refractivity contribution in [1.82, 2.24) is 4.98 Å². The van der Waals surface area contributed by atoms with Gasteiger partial charge >= 0.3 is 12.2 Å². The first-order chi connectivity index (χ1) is 13.8. The molecule has 3 aromatic rings. The fraction of sp³-hybridized carbons (Fsp3) is 0.190. The molecule has 8 heteroatoms. The zero-order valence-electron chi connectivity index (χ0n) is 15.3. The van der Waals surface area contributed by atoms with Crippen molar-refractivity contribution in [2.24, 2.45) is 0 Å². The third-order valence-corrected chi connectivity index (χ3v) is 4.99. The van der Waals surface area contributed by atoms with Crippen LogP contribution < -0.4 is 9.80 Å². The van der Waals surface area contributed by atoms with E-state index in [1.165, 1.54) is 22.1 Å². The second kappa shape index (κ2) is 6.78. The number of alkyl halides is 3. The van der Waals surface area contributed by atoms with Gasteiger partial charge in [0, 0.05) is 22.7 Å². The molecule has 0 bridgehead atoms. The summed E-state index contributed by atoms with van der Waals surface area (Å²) in [5.74, 6) is 0. The van der Waals surface area contributed by atoms with Crippen LogP contribution in [0.15, 0.2) is 54.9 Å². The van der Waals surface area contributed by atoms with Crippen molar-refractivity contribution >= 4 is 28.2 Å². The van der Waals surface area contributed by atoms with Gasteiger partial charge < -0.3 is 0 Å². The molecule has 1 atom stereocenters. The number of urea groups is 1. The Balaban J connectivity index is 1.81. The highest BCUT2D eigenvalue weighted by molar-refractivity contribution is 6.11. The van der Waals surface area contributed by atoms with Gasteiger partial charge in [-0.05, 0) is 24.6 Å². The third-order valence-electron chi connectivity index (χ3n) is 4.99. The Hall–Kier alpha value is -3.60. The largest absolute Gasteiger partial charge is 0.416 e. The zero-order valence-corrected chi connectivity index (χ0v) is 15.3. The molecular weight excluding hydrogens is 381 g/mol.